The van der Waals surface area contributed by atoms with Gasteiger partial charge in [-0.05, 0) is 35.4 Å². The SMILES string of the molecule is CN1CNc2cc(-c3ccc(C(=O)N4CCN(C(=O)C5(N)COC5)CC4)cc3)ccc21. The highest BCUT2D eigenvalue weighted by Gasteiger charge is 2.45. The number of amides is 2. The number of fused-ring (bicyclic) bond motifs is 1. The van der Waals surface area contributed by atoms with Crippen molar-refractivity contribution in [2.24, 2.45) is 5.73 Å². The standard InChI is InChI=1S/C23H27N5O3/c1-26-15-25-19-12-18(6-7-20(19)26)16-2-4-17(5-3-16)21(29)27-8-10-28(11-9-27)22(30)23(24)13-31-14-23/h2-7,12,25H,8-11,13-15,24H2,1H3. The number of hydrogen-bond acceptors (Lipinski definition) is 6. The van der Waals surface area contributed by atoms with Gasteiger partial charge in [-0.15, -0.1) is 0 Å². The molecule has 3 N–H and O–H groups in total. The summed E-state index contributed by atoms with van der Waals surface area (Å²) in [5, 5.41) is 3.38. The smallest absolute Gasteiger partial charge is 0.253 e. The minimum absolute atomic E-state index is 0.00895. The molecule has 0 unspecified atom stereocenters. The molecular weight excluding hydrogens is 394 g/mol. The molecule has 3 aliphatic heterocycles. The summed E-state index contributed by atoms with van der Waals surface area (Å²) in [5.41, 5.74) is 10.3. The van der Waals surface area contributed by atoms with E-state index in [0.29, 0.717) is 31.7 Å². The van der Waals surface area contributed by atoms with Crippen LogP contribution in [0.2, 0.25) is 0 Å². The van der Waals surface area contributed by atoms with E-state index < -0.39 is 5.54 Å². The first-order chi connectivity index (χ1) is 14.9. The molecule has 0 radical (unpaired) electrons. The van der Waals surface area contributed by atoms with Crippen LogP contribution in [0.4, 0.5) is 11.4 Å². The Balaban J connectivity index is 1.22. The fourth-order valence-electron chi connectivity index (χ4n) is 4.34. The van der Waals surface area contributed by atoms with E-state index in [4.69, 9.17) is 10.5 Å². The number of carbonyl (C=O) groups excluding carboxylic acids is 2. The largest absolute Gasteiger partial charge is 0.376 e. The monoisotopic (exact) mass is 421 g/mol. The van der Waals surface area contributed by atoms with Gasteiger partial charge < -0.3 is 30.5 Å². The summed E-state index contributed by atoms with van der Waals surface area (Å²) in [6.45, 7) is 3.37. The molecule has 2 amide bonds. The normalized spacial score (nSPS) is 19.5. The van der Waals surface area contributed by atoms with Crippen molar-refractivity contribution >= 4 is 23.2 Å². The number of piperazine rings is 1. The van der Waals surface area contributed by atoms with Crippen LogP contribution in [0.25, 0.3) is 11.1 Å². The molecule has 0 aromatic heterocycles. The molecule has 8 nitrogen and oxygen atoms in total. The van der Waals surface area contributed by atoms with Crippen LogP contribution in [-0.2, 0) is 9.53 Å². The van der Waals surface area contributed by atoms with E-state index in [0.717, 1.165) is 23.5 Å². The molecule has 31 heavy (non-hydrogen) atoms. The molecule has 0 aliphatic carbocycles. The molecular formula is C23H27N5O3. The lowest BCUT2D eigenvalue weighted by Gasteiger charge is -2.43. The average Bonchev–Trinajstić information content (AvgIpc) is 3.17. The van der Waals surface area contributed by atoms with E-state index in [1.54, 1.807) is 9.80 Å². The Kier molecular flexibility index (Phi) is 4.83. The summed E-state index contributed by atoms with van der Waals surface area (Å²) in [6.07, 6.45) is 0. The molecule has 0 saturated carbocycles. The van der Waals surface area contributed by atoms with Crippen LogP contribution in [0.3, 0.4) is 0 Å². The molecule has 2 fully saturated rings. The first-order valence-corrected chi connectivity index (χ1v) is 10.6. The highest BCUT2D eigenvalue weighted by molar-refractivity contribution is 5.95. The molecule has 0 atom stereocenters. The van der Waals surface area contributed by atoms with Crippen molar-refractivity contribution in [3.05, 3.63) is 48.0 Å². The fourth-order valence-corrected chi connectivity index (χ4v) is 4.34. The van der Waals surface area contributed by atoms with Gasteiger partial charge in [-0.3, -0.25) is 9.59 Å². The molecule has 0 bridgehead atoms. The van der Waals surface area contributed by atoms with Gasteiger partial charge in [-0.1, -0.05) is 18.2 Å². The number of anilines is 2. The van der Waals surface area contributed by atoms with Gasteiger partial charge in [0.15, 0.2) is 0 Å². The zero-order valence-corrected chi connectivity index (χ0v) is 17.6. The average molecular weight is 422 g/mol. The minimum Gasteiger partial charge on any atom is -0.376 e. The van der Waals surface area contributed by atoms with Gasteiger partial charge in [0, 0.05) is 38.8 Å². The van der Waals surface area contributed by atoms with Crippen molar-refractivity contribution in [2.75, 3.05) is 63.3 Å². The molecule has 2 aromatic rings. The van der Waals surface area contributed by atoms with Crippen molar-refractivity contribution in [2.45, 2.75) is 5.54 Å². The number of ether oxygens (including phenoxy) is 1. The Bertz CT molecular complexity index is 1010. The molecule has 0 spiro atoms. The number of nitrogens with zero attached hydrogens (tertiary/aromatic N) is 3. The molecule has 8 heteroatoms. The molecule has 3 heterocycles. The summed E-state index contributed by atoms with van der Waals surface area (Å²) in [5.74, 6) is -0.0874. The van der Waals surface area contributed by atoms with Crippen molar-refractivity contribution < 1.29 is 14.3 Å². The zero-order valence-electron chi connectivity index (χ0n) is 17.6. The maximum atomic E-state index is 12.9. The predicted octanol–water partition coefficient (Wildman–Crippen LogP) is 1.18. The van der Waals surface area contributed by atoms with Crippen LogP contribution in [0, 0.1) is 0 Å². The third-order valence-electron chi connectivity index (χ3n) is 6.38. The minimum atomic E-state index is -0.884. The Morgan fingerprint density at radius 3 is 2.26 bits per heavy atom. The van der Waals surface area contributed by atoms with Crippen molar-refractivity contribution in [1.82, 2.24) is 9.80 Å². The summed E-state index contributed by atoms with van der Waals surface area (Å²) in [6, 6.07) is 14.1. The lowest BCUT2D eigenvalue weighted by atomic mass is 9.96. The predicted molar refractivity (Wildman–Crippen MR) is 119 cm³/mol. The summed E-state index contributed by atoms with van der Waals surface area (Å²) >= 11 is 0. The van der Waals surface area contributed by atoms with Gasteiger partial charge in [0.25, 0.3) is 5.91 Å². The van der Waals surface area contributed by atoms with Gasteiger partial charge in [0.2, 0.25) is 5.91 Å². The number of benzene rings is 2. The third kappa shape index (κ3) is 3.51. The summed E-state index contributed by atoms with van der Waals surface area (Å²) < 4.78 is 5.09. The van der Waals surface area contributed by atoms with Crippen LogP contribution in [0.15, 0.2) is 42.5 Å². The van der Waals surface area contributed by atoms with E-state index in [-0.39, 0.29) is 25.0 Å². The van der Waals surface area contributed by atoms with E-state index in [1.165, 1.54) is 5.69 Å². The third-order valence-corrected chi connectivity index (χ3v) is 6.38. The van der Waals surface area contributed by atoms with Crippen LogP contribution in [0.1, 0.15) is 10.4 Å². The lowest BCUT2D eigenvalue weighted by molar-refractivity contribution is -0.155. The first kappa shape index (κ1) is 19.8. The van der Waals surface area contributed by atoms with E-state index in [2.05, 4.69) is 35.5 Å². The second kappa shape index (κ2) is 7.55. The quantitative estimate of drug-likeness (QED) is 0.774. The number of nitrogens with two attached hydrogens (primary N) is 1. The Morgan fingerprint density at radius 2 is 1.61 bits per heavy atom. The topological polar surface area (TPSA) is 91.1 Å². The molecule has 2 saturated heterocycles. The molecule has 3 aliphatic rings. The Hall–Kier alpha value is -3.10. The molecule has 2 aromatic carbocycles. The van der Waals surface area contributed by atoms with E-state index in [1.807, 2.05) is 24.3 Å². The number of hydrogen-bond donors (Lipinski definition) is 2. The summed E-state index contributed by atoms with van der Waals surface area (Å²) in [4.78, 5) is 31.2. The van der Waals surface area contributed by atoms with Gasteiger partial charge in [-0.25, -0.2) is 0 Å². The second-order valence-corrected chi connectivity index (χ2v) is 8.58. The van der Waals surface area contributed by atoms with Crippen molar-refractivity contribution in [3.63, 3.8) is 0 Å². The zero-order chi connectivity index (χ0) is 21.6. The number of carbonyl (C=O) groups is 2. The van der Waals surface area contributed by atoms with E-state index in [9.17, 15) is 9.59 Å². The lowest BCUT2D eigenvalue weighted by Crippen LogP contribution is -2.68. The van der Waals surface area contributed by atoms with Crippen molar-refractivity contribution in [3.8, 4) is 11.1 Å². The molecule has 5 rings (SSSR count). The van der Waals surface area contributed by atoms with Crippen LogP contribution < -0.4 is 16.0 Å². The summed E-state index contributed by atoms with van der Waals surface area (Å²) in [7, 11) is 2.06. The van der Waals surface area contributed by atoms with Crippen LogP contribution >= 0.6 is 0 Å². The second-order valence-electron chi connectivity index (χ2n) is 8.58. The van der Waals surface area contributed by atoms with Gasteiger partial charge in [0.05, 0.1) is 31.3 Å². The van der Waals surface area contributed by atoms with Gasteiger partial charge in [-0.2, -0.15) is 0 Å². The number of rotatable bonds is 3. The van der Waals surface area contributed by atoms with Gasteiger partial charge >= 0.3 is 0 Å². The van der Waals surface area contributed by atoms with Crippen LogP contribution in [0.5, 0.6) is 0 Å². The fraction of sp³-hybridized carbons (Fsp3) is 0.391. The highest BCUT2D eigenvalue weighted by atomic mass is 16.5. The molecule has 162 valence electrons. The number of nitrogens with one attached hydrogen (secondary N) is 1. The maximum Gasteiger partial charge on any atom is 0.253 e. The van der Waals surface area contributed by atoms with Crippen LogP contribution in [-0.4, -0.2) is 80.3 Å². The first-order valence-electron chi connectivity index (χ1n) is 10.6. The Labute approximate surface area is 181 Å². The van der Waals surface area contributed by atoms with E-state index >= 15 is 0 Å². The maximum absolute atomic E-state index is 12.9. The Morgan fingerprint density at radius 1 is 0.968 bits per heavy atom. The van der Waals surface area contributed by atoms with Gasteiger partial charge in [0.1, 0.15) is 5.54 Å². The van der Waals surface area contributed by atoms with Crippen molar-refractivity contribution in [1.29, 1.82) is 0 Å². The highest BCUT2D eigenvalue weighted by Crippen LogP contribution is 2.34.